The van der Waals surface area contributed by atoms with E-state index in [0.29, 0.717) is 4.86 Å². The predicted octanol–water partition coefficient (Wildman–Crippen LogP) is 4.19. The molecule has 4 heteroatoms. The summed E-state index contributed by atoms with van der Waals surface area (Å²) >= 11 is 0. The molecule has 0 aromatic rings. The zero-order valence-corrected chi connectivity index (χ0v) is 11.9. The van der Waals surface area contributed by atoms with Crippen molar-refractivity contribution in [3.05, 3.63) is 17.5 Å². The highest BCUT2D eigenvalue weighted by molar-refractivity contribution is 5.80. The molecule has 0 radical (unpaired) electrons. The molecule has 0 heterocycles. The molecule has 104 valence electrons. The highest BCUT2D eigenvalue weighted by atomic mass is 16.5. The second-order valence-corrected chi connectivity index (χ2v) is 4.65. The van der Waals surface area contributed by atoms with E-state index in [2.05, 4.69) is 12.0 Å². The van der Waals surface area contributed by atoms with Crippen molar-refractivity contribution in [1.29, 1.82) is 0 Å². The van der Waals surface area contributed by atoms with Crippen LogP contribution in [0.3, 0.4) is 0 Å². The van der Waals surface area contributed by atoms with Crippen molar-refractivity contribution >= 4 is 5.78 Å². The van der Waals surface area contributed by atoms with Crippen molar-refractivity contribution < 1.29 is 9.66 Å². The highest BCUT2D eigenvalue weighted by Crippen LogP contribution is 2.07. The first kappa shape index (κ1) is 16.8. The fraction of sp³-hybridized carbons (Fsp3) is 0.786. The monoisotopic (exact) mass is 254 g/mol. The van der Waals surface area contributed by atoms with Gasteiger partial charge in [0.15, 0.2) is 11.8 Å². The van der Waals surface area contributed by atoms with Crippen molar-refractivity contribution in [2.45, 2.75) is 71.8 Å². The molecule has 18 heavy (non-hydrogen) atoms. The van der Waals surface area contributed by atoms with Gasteiger partial charge in [-0.05, 0) is 37.9 Å². The Bertz CT molecular complexity index is 286. The lowest BCUT2D eigenvalue weighted by Crippen LogP contribution is -2.12. The van der Waals surface area contributed by atoms with Crippen molar-refractivity contribution in [1.82, 2.24) is 0 Å². The standard InChI is InChI=1S/C14H26N2O2/c1-4-5-6-7-8-9-10-11-12-16(18)15-13(2)14(3)17/h11-13H,4-10H2,1-3H3/b12-11+,16-15?. The predicted molar refractivity (Wildman–Crippen MR) is 73.3 cm³/mol. The van der Waals surface area contributed by atoms with Gasteiger partial charge in [-0.1, -0.05) is 43.9 Å². The molecule has 0 N–H and O–H groups in total. The summed E-state index contributed by atoms with van der Waals surface area (Å²) < 4.78 is 0. The summed E-state index contributed by atoms with van der Waals surface area (Å²) in [6, 6.07) is -0.554. The molecule has 0 saturated carbocycles. The van der Waals surface area contributed by atoms with E-state index in [1.165, 1.54) is 45.2 Å². The second-order valence-electron chi connectivity index (χ2n) is 4.65. The van der Waals surface area contributed by atoms with E-state index >= 15 is 0 Å². The third-order valence-corrected chi connectivity index (χ3v) is 2.83. The number of ketones is 1. The van der Waals surface area contributed by atoms with Crippen LogP contribution >= 0.6 is 0 Å². The van der Waals surface area contributed by atoms with E-state index in [4.69, 9.17) is 0 Å². The lowest BCUT2D eigenvalue weighted by atomic mass is 10.1. The molecule has 0 aliphatic carbocycles. The first-order chi connectivity index (χ1) is 8.57. The number of Topliss-reactive ketones (excluding diaryl/α,β-unsaturated/α-hetero) is 1. The molecule has 1 unspecified atom stereocenters. The van der Waals surface area contributed by atoms with E-state index < -0.39 is 6.04 Å². The quantitative estimate of drug-likeness (QED) is 0.254. The number of carbonyl (C=O) groups is 1. The van der Waals surface area contributed by atoms with Crippen LogP contribution in [0.15, 0.2) is 17.4 Å². The van der Waals surface area contributed by atoms with Crippen LogP contribution in [0.5, 0.6) is 0 Å². The van der Waals surface area contributed by atoms with Crippen molar-refractivity contribution in [3.63, 3.8) is 0 Å². The van der Waals surface area contributed by atoms with Crippen molar-refractivity contribution in [3.8, 4) is 0 Å². The Morgan fingerprint density at radius 3 is 2.50 bits per heavy atom. The number of hydroxylamine groups is 1. The van der Waals surface area contributed by atoms with Gasteiger partial charge in [0, 0.05) is 0 Å². The Morgan fingerprint density at radius 1 is 1.28 bits per heavy atom. The molecule has 0 aliphatic rings. The highest BCUT2D eigenvalue weighted by Gasteiger charge is 2.08. The van der Waals surface area contributed by atoms with E-state index in [0.717, 1.165) is 12.8 Å². The minimum Gasteiger partial charge on any atom is -0.595 e. The van der Waals surface area contributed by atoms with Gasteiger partial charge in [-0.15, -0.1) is 0 Å². The fourth-order valence-corrected chi connectivity index (χ4v) is 1.50. The molecule has 0 amide bonds. The van der Waals surface area contributed by atoms with Gasteiger partial charge in [0.25, 0.3) is 0 Å². The van der Waals surface area contributed by atoms with Gasteiger partial charge in [0.05, 0.1) is 0 Å². The zero-order valence-electron chi connectivity index (χ0n) is 11.9. The Morgan fingerprint density at radius 2 is 1.89 bits per heavy atom. The molecule has 0 rings (SSSR count). The minimum atomic E-state index is -0.554. The molecular formula is C14H26N2O2. The second kappa shape index (κ2) is 10.9. The van der Waals surface area contributed by atoms with Crippen molar-refractivity contribution in [2.24, 2.45) is 5.11 Å². The molecule has 1 atom stereocenters. The third-order valence-electron chi connectivity index (χ3n) is 2.83. The smallest absolute Gasteiger partial charge is 0.205 e. The number of rotatable bonds is 10. The largest absolute Gasteiger partial charge is 0.595 e. The molecule has 0 bridgehead atoms. The maximum absolute atomic E-state index is 11.2. The molecular weight excluding hydrogens is 228 g/mol. The topological polar surface area (TPSA) is 55.5 Å². The fourth-order valence-electron chi connectivity index (χ4n) is 1.50. The summed E-state index contributed by atoms with van der Waals surface area (Å²) in [6.45, 7) is 5.26. The summed E-state index contributed by atoms with van der Waals surface area (Å²) in [5.74, 6) is -0.0971. The van der Waals surface area contributed by atoms with Gasteiger partial charge in [-0.3, -0.25) is 4.79 Å². The summed E-state index contributed by atoms with van der Waals surface area (Å²) in [4.78, 5) is 11.4. The Kier molecular flexibility index (Phi) is 10.2. The summed E-state index contributed by atoms with van der Waals surface area (Å²) in [7, 11) is 0. The zero-order chi connectivity index (χ0) is 13.8. The van der Waals surface area contributed by atoms with Gasteiger partial charge in [-0.25, -0.2) is 0 Å². The molecule has 0 aliphatic heterocycles. The summed E-state index contributed by atoms with van der Waals surface area (Å²) in [5.41, 5.74) is 0. The summed E-state index contributed by atoms with van der Waals surface area (Å²) in [6.07, 6.45) is 11.6. The lowest BCUT2D eigenvalue weighted by Gasteiger charge is -1.99. The van der Waals surface area contributed by atoms with Crippen LogP contribution < -0.4 is 0 Å². The van der Waals surface area contributed by atoms with Gasteiger partial charge in [0.2, 0.25) is 6.20 Å². The Hall–Kier alpha value is -1.19. The Labute approximate surface area is 110 Å². The normalized spacial score (nSPS) is 14.1. The maximum Gasteiger partial charge on any atom is 0.205 e. The van der Waals surface area contributed by atoms with Crippen LogP contribution in [0.25, 0.3) is 0 Å². The number of allylic oxidation sites excluding steroid dienone is 1. The summed E-state index contributed by atoms with van der Waals surface area (Å²) in [5, 5.41) is 14.9. The van der Waals surface area contributed by atoms with Crippen LogP contribution in [0.4, 0.5) is 0 Å². The number of azo groups is 1. The third kappa shape index (κ3) is 10.00. The van der Waals surface area contributed by atoms with E-state index in [1.807, 2.05) is 6.08 Å². The number of carbonyl (C=O) groups excluding carboxylic acids is 1. The van der Waals surface area contributed by atoms with Crippen LogP contribution in [-0.2, 0) is 4.79 Å². The average molecular weight is 254 g/mol. The molecule has 0 spiro atoms. The molecule has 0 aromatic heterocycles. The molecule has 0 fully saturated rings. The minimum absolute atomic E-state index is 0.0971. The molecule has 0 aromatic carbocycles. The first-order valence-corrected chi connectivity index (χ1v) is 6.92. The number of hydrogen-bond acceptors (Lipinski definition) is 3. The number of nitrogens with zero attached hydrogens (tertiary/aromatic N) is 2. The molecule has 0 saturated heterocycles. The van der Waals surface area contributed by atoms with Crippen LogP contribution in [0.1, 0.15) is 65.7 Å². The van der Waals surface area contributed by atoms with Crippen LogP contribution in [-0.4, -0.2) is 16.7 Å². The average Bonchev–Trinajstić information content (AvgIpc) is 2.32. The van der Waals surface area contributed by atoms with E-state index in [-0.39, 0.29) is 5.78 Å². The van der Waals surface area contributed by atoms with E-state index in [1.54, 1.807) is 6.92 Å². The maximum atomic E-state index is 11.2. The van der Waals surface area contributed by atoms with Crippen LogP contribution in [0.2, 0.25) is 0 Å². The van der Waals surface area contributed by atoms with E-state index in [9.17, 15) is 10.0 Å². The van der Waals surface area contributed by atoms with Crippen molar-refractivity contribution in [2.75, 3.05) is 0 Å². The SMILES string of the molecule is CCCCCCCC/C=C/[N+]([O-])=NC(C)C(C)=O. The number of unbranched alkanes of at least 4 members (excludes halogenated alkanes) is 6. The van der Waals surface area contributed by atoms with Gasteiger partial charge < -0.3 is 5.21 Å². The Balaban J connectivity index is 3.66. The lowest BCUT2D eigenvalue weighted by molar-refractivity contribution is -0.461. The van der Waals surface area contributed by atoms with Gasteiger partial charge in [0.1, 0.15) is 0 Å². The van der Waals surface area contributed by atoms with Gasteiger partial charge >= 0.3 is 0 Å². The number of hydrogen-bond donors (Lipinski definition) is 0. The first-order valence-electron chi connectivity index (χ1n) is 6.92. The van der Waals surface area contributed by atoms with Crippen LogP contribution in [0, 0.1) is 5.21 Å². The van der Waals surface area contributed by atoms with Gasteiger partial charge in [-0.2, -0.15) is 0 Å². The molecule has 4 nitrogen and oxygen atoms in total.